The number of esters is 2. The summed E-state index contributed by atoms with van der Waals surface area (Å²) in [6.07, 6.45) is 59.7. The van der Waals surface area contributed by atoms with Gasteiger partial charge in [-0.25, -0.2) is 4.79 Å². The first-order chi connectivity index (χ1) is 32.6. The molecule has 0 aromatic heterocycles. The monoisotopic (exact) mass is 941 g/mol. The lowest BCUT2D eigenvalue weighted by Crippen LogP contribution is -2.40. The molecule has 0 fully saturated rings. The highest BCUT2D eigenvalue weighted by atomic mass is 16.7. The minimum absolute atomic E-state index is 0.183. The van der Waals surface area contributed by atoms with Gasteiger partial charge in [0.05, 0.1) is 34.4 Å². The average molecular weight is 941 g/mol. The summed E-state index contributed by atoms with van der Waals surface area (Å²) in [6, 6.07) is 0. The normalized spacial score (nSPS) is 13.4. The molecular formula is C58H102NO8+. The molecule has 0 aliphatic carbocycles. The van der Waals surface area contributed by atoms with Gasteiger partial charge < -0.3 is 28.5 Å². The van der Waals surface area contributed by atoms with Crippen LogP contribution in [0.1, 0.15) is 219 Å². The van der Waals surface area contributed by atoms with Crippen molar-refractivity contribution in [3.8, 4) is 0 Å². The smallest absolute Gasteiger partial charge is 0.361 e. The van der Waals surface area contributed by atoms with E-state index >= 15 is 0 Å². The Morgan fingerprint density at radius 3 is 1.27 bits per heavy atom. The maximum absolute atomic E-state index is 12.8. The zero-order valence-corrected chi connectivity index (χ0v) is 43.8. The third-order valence-electron chi connectivity index (χ3n) is 11.4. The zero-order valence-electron chi connectivity index (χ0n) is 43.8. The van der Waals surface area contributed by atoms with E-state index in [1.54, 1.807) is 0 Å². The predicted molar refractivity (Wildman–Crippen MR) is 281 cm³/mol. The molecule has 0 aliphatic rings. The van der Waals surface area contributed by atoms with Crippen LogP contribution in [-0.2, 0) is 33.3 Å². The van der Waals surface area contributed by atoms with E-state index in [4.69, 9.17) is 18.9 Å². The molecule has 2 atom stereocenters. The summed E-state index contributed by atoms with van der Waals surface area (Å²) in [6.45, 7) is 4.72. The van der Waals surface area contributed by atoms with Crippen molar-refractivity contribution in [2.75, 3.05) is 47.5 Å². The van der Waals surface area contributed by atoms with Crippen LogP contribution in [-0.4, -0.2) is 87.4 Å². The number of quaternary nitrogens is 1. The zero-order chi connectivity index (χ0) is 49.2. The number of nitrogens with zero attached hydrogens (tertiary/aromatic N) is 1. The van der Waals surface area contributed by atoms with Crippen molar-refractivity contribution < 1.29 is 42.9 Å². The Morgan fingerprint density at radius 1 is 0.463 bits per heavy atom. The van der Waals surface area contributed by atoms with Crippen LogP contribution in [0.25, 0.3) is 0 Å². The number of carbonyl (C=O) groups excluding carboxylic acids is 2. The quantitative estimate of drug-likeness (QED) is 0.0211. The first-order valence-corrected chi connectivity index (χ1v) is 27.1. The maximum atomic E-state index is 12.8. The molecule has 0 spiro atoms. The van der Waals surface area contributed by atoms with Crippen molar-refractivity contribution >= 4 is 17.9 Å². The summed E-state index contributed by atoms with van der Waals surface area (Å²) in [5.41, 5.74) is 0. The molecule has 0 aromatic carbocycles. The molecule has 0 rings (SSSR count). The van der Waals surface area contributed by atoms with Crippen LogP contribution in [0.15, 0.2) is 72.9 Å². The van der Waals surface area contributed by atoms with Gasteiger partial charge in [-0.05, 0) is 83.5 Å². The van der Waals surface area contributed by atoms with Crippen LogP contribution in [0.3, 0.4) is 0 Å². The number of allylic oxidation sites excluding steroid dienone is 12. The van der Waals surface area contributed by atoms with E-state index in [2.05, 4.69) is 86.8 Å². The van der Waals surface area contributed by atoms with Crippen molar-refractivity contribution in [1.82, 2.24) is 0 Å². The first-order valence-electron chi connectivity index (χ1n) is 27.1. The molecule has 386 valence electrons. The highest BCUT2D eigenvalue weighted by molar-refractivity contribution is 5.71. The molecule has 67 heavy (non-hydrogen) atoms. The molecule has 0 amide bonds. The van der Waals surface area contributed by atoms with E-state index in [1.807, 2.05) is 21.1 Å². The predicted octanol–water partition coefficient (Wildman–Crippen LogP) is 15.5. The fourth-order valence-electron chi connectivity index (χ4n) is 7.27. The second kappa shape index (κ2) is 49.2. The van der Waals surface area contributed by atoms with E-state index in [-0.39, 0.29) is 38.6 Å². The molecule has 9 nitrogen and oxygen atoms in total. The molecule has 1 N–H and O–H groups in total. The Balaban J connectivity index is 4.25. The lowest BCUT2D eigenvalue weighted by atomic mass is 10.0. The highest BCUT2D eigenvalue weighted by Crippen LogP contribution is 2.15. The molecule has 0 saturated heterocycles. The molecule has 0 aliphatic heterocycles. The number of ether oxygens (including phenoxy) is 4. The van der Waals surface area contributed by atoms with Gasteiger partial charge in [-0.1, -0.05) is 196 Å². The van der Waals surface area contributed by atoms with Crippen LogP contribution in [0, 0.1) is 0 Å². The molecule has 2 unspecified atom stereocenters. The SMILES string of the molecule is CC/C=C\C/C=C\C/C=C\C/C=C\CCCCCCCCCCCCCCCCC(=O)OC(COC(=O)CCCCCCC/C=C\C/C=C\CCCCC)COC(OCC[N+](C)(C)C)C(=O)O. The van der Waals surface area contributed by atoms with Gasteiger partial charge in [0.15, 0.2) is 6.10 Å². The summed E-state index contributed by atoms with van der Waals surface area (Å²) in [5, 5.41) is 9.68. The summed E-state index contributed by atoms with van der Waals surface area (Å²) in [5.74, 6) is -2.03. The van der Waals surface area contributed by atoms with Gasteiger partial charge in [0.1, 0.15) is 13.2 Å². The third-order valence-corrected chi connectivity index (χ3v) is 11.4. The van der Waals surface area contributed by atoms with E-state index in [1.165, 1.54) is 103 Å². The standard InChI is InChI=1S/C58H101NO8/c1-6-8-10-12-14-16-18-20-22-23-24-25-26-27-28-29-30-31-32-33-35-37-39-41-43-45-47-49-56(61)67-54(53-66-58(57(62)63)64-51-50-59(3,4)5)52-65-55(60)48-46-44-42-40-38-36-34-21-19-17-15-13-11-9-7-2/h8,10,14-17,20-22,24-25,34,54,58H,6-7,9,11-13,18-19,23,26-33,35-53H2,1-5H3/p+1/b10-8-,16-14-,17-15-,22-20-,25-24-,34-21-. The number of aliphatic carboxylic acids is 1. The topological polar surface area (TPSA) is 108 Å². The van der Waals surface area contributed by atoms with Crippen molar-refractivity contribution in [1.29, 1.82) is 0 Å². The Labute approximate surface area is 411 Å². The molecule has 0 radical (unpaired) electrons. The summed E-state index contributed by atoms with van der Waals surface area (Å²) >= 11 is 0. The maximum Gasteiger partial charge on any atom is 0.361 e. The van der Waals surface area contributed by atoms with Gasteiger partial charge >= 0.3 is 17.9 Å². The second-order valence-electron chi connectivity index (χ2n) is 19.2. The highest BCUT2D eigenvalue weighted by Gasteiger charge is 2.25. The van der Waals surface area contributed by atoms with Crippen LogP contribution >= 0.6 is 0 Å². The van der Waals surface area contributed by atoms with Gasteiger partial charge in [-0.3, -0.25) is 9.59 Å². The van der Waals surface area contributed by atoms with Gasteiger partial charge in [0, 0.05) is 12.8 Å². The van der Waals surface area contributed by atoms with Gasteiger partial charge in [-0.15, -0.1) is 0 Å². The molecule has 0 aromatic rings. The number of hydrogen-bond acceptors (Lipinski definition) is 7. The van der Waals surface area contributed by atoms with Crippen LogP contribution in [0.5, 0.6) is 0 Å². The Morgan fingerprint density at radius 2 is 0.851 bits per heavy atom. The number of rotatable bonds is 49. The number of unbranched alkanes of at least 4 members (excludes halogenated alkanes) is 22. The third kappa shape index (κ3) is 50.4. The second-order valence-corrected chi connectivity index (χ2v) is 19.2. The van der Waals surface area contributed by atoms with Crippen LogP contribution in [0.4, 0.5) is 0 Å². The number of carbonyl (C=O) groups is 3. The van der Waals surface area contributed by atoms with Crippen molar-refractivity contribution in [3.63, 3.8) is 0 Å². The van der Waals surface area contributed by atoms with Crippen molar-refractivity contribution in [2.45, 2.75) is 232 Å². The average Bonchev–Trinajstić information content (AvgIpc) is 3.29. The van der Waals surface area contributed by atoms with E-state index in [0.29, 0.717) is 17.4 Å². The lowest BCUT2D eigenvalue weighted by Gasteiger charge is -2.25. The number of carboxylic acid groups (broad SMARTS) is 1. The lowest BCUT2D eigenvalue weighted by molar-refractivity contribution is -0.870. The fourth-order valence-corrected chi connectivity index (χ4v) is 7.27. The minimum Gasteiger partial charge on any atom is -0.477 e. The van der Waals surface area contributed by atoms with Gasteiger partial charge in [0.2, 0.25) is 0 Å². The van der Waals surface area contributed by atoms with E-state index in [0.717, 1.165) is 83.5 Å². The molecule has 9 heteroatoms. The molecule has 0 saturated carbocycles. The minimum atomic E-state index is -1.51. The summed E-state index contributed by atoms with van der Waals surface area (Å²) < 4.78 is 22.8. The Bertz CT molecular complexity index is 1330. The number of carboxylic acids is 1. The van der Waals surface area contributed by atoms with Crippen molar-refractivity contribution in [2.24, 2.45) is 0 Å². The van der Waals surface area contributed by atoms with Crippen molar-refractivity contribution in [3.05, 3.63) is 72.9 Å². The largest absolute Gasteiger partial charge is 0.477 e. The fraction of sp³-hybridized carbons (Fsp3) is 0.741. The Hall–Kier alpha value is -3.27. The summed E-state index contributed by atoms with van der Waals surface area (Å²) in [4.78, 5) is 37.3. The number of likely N-dealkylation sites (N-methyl/N-ethyl adjacent to an activating group) is 1. The molecular weight excluding hydrogens is 839 g/mol. The van der Waals surface area contributed by atoms with E-state index < -0.39 is 24.3 Å². The summed E-state index contributed by atoms with van der Waals surface area (Å²) in [7, 11) is 5.96. The number of hydrogen-bond donors (Lipinski definition) is 1. The molecule has 0 bridgehead atoms. The van der Waals surface area contributed by atoms with Crippen LogP contribution < -0.4 is 0 Å². The first kappa shape index (κ1) is 63.7. The van der Waals surface area contributed by atoms with Crippen LogP contribution in [0.2, 0.25) is 0 Å². The van der Waals surface area contributed by atoms with Gasteiger partial charge in [-0.2, -0.15) is 0 Å². The molecule has 0 heterocycles. The Kier molecular flexibility index (Phi) is 46.8. The van der Waals surface area contributed by atoms with E-state index in [9.17, 15) is 19.5 Å². The van der Waals surface area contributed by atoms with Gasteiger partial charge in [0.25, 0.3) is 6.29 Å².